The van der Waals surface area contributed by atoms with Crippen LogP contribution in [0.2, 0.25) is 0 Å². The minimum atomic E-state index is -0.0349. The lowest BCUT2D eigenvalue weighted by Gasteiger charge is -2.46. The van der Waals surface area contributed by atoms with Crippen molar-refractivity contribution in [1.82, 2.24) is 0 Å². The molecule has 0 saturated heterocycles. The minimum Gasteiger partial charge on any atom is -0.456 e. The third-order valence-electron chi connectivity index (χ3n) is 19.7. The molecule has 0 unspecified atom stereocenters. The first-order valence-electron chi connectivity index (χ1n) is 27.7. The van der Waals surface area contributed by atoms with Gasteiger partial charge in [0.05, 0.1) is 11.4 Å². The molecular formula is C69H71BN2OS. The molecule has 0 atom stereocenters. The average molecular weight is 987 g/mol. The molecule has 0 amide bonds. The van der Waals surface area contributed by atoms with Crippen molar-refractivity contribution >= 4 is 99.9 Å². The van der Waals surface area contributed by atoms with Crippen LogP contribution in [0.15, 0.2) is 126 Å². The Kier molecular flexibility index (Phi) is 9.48. The largest absolute Gasteiger partial charge is 0.456 e. The van der Waals surface area contributed by atoms with Crippen LogP contribution in [0.5, 0.6) is 0 Å². The van der Waals surface area contributed by atoms with Crippen LogP contribution in [0.4, 0.5) is 34.1 Å². The second-order valence-corrected chi connectivity index (χ2v) is 28.4. The molecule has 372 valence electrons. The SMILES string of the molecule is Cc1cc2c3c(c1)N(c1ccc4c(c1)C(C)(C)CCC4(C)C)c1c(sc4cc5c(cc14)C(C)(C)CCC5(C)C)B3c1cc3oc4ccccc4c3cc1N2c1cc2c(cc1-c1ccccc1)C(C)(C)CCC2(C)C. The first-order chi connectivity index (χ1) is 35.0. The molecule has 0 radical (unpaired) electrons. The lowest BCUT2D eigenvalue weighted by atomic mass is 9.36. The predicted octanol–water partition coefficient (Wildman–Crippen LogP) is 17.9. The fraction of sp³-hybridized carbons (Fsp3) is 0.362. The van der Waals surface area contributed by atoms with Gasteiger partial charge in [-0.1, -0.05) is 138 Å². The fourth-order valence-electron chi connectivity index (χ4n) is 14.8. The number of para-hydroxylation sites is 1. The normalized spacial score (nSPS) is 19.9. The Hall–Kier alpha value is -6.04. The van der Waals surface area contributed by atoms with Crippen molar-refractivity contribution in [1.29, 1.82) is 0 Å². The maximum Gasteiger partial charge on any atom is 0.264 e. The van der Waals surface area contributed by atoms with Gasteiger partial charge in [0.1, 0.15) is 11.2 Å². The molecule has 14 rings (SSSR count). The number of furan rings is 1. The van der Waals surface area contributed by atoms with E-state index in [2.05, 4.69) is 221 Å². The summed E-state index contributed by atoms with van der Waals surface area (Å²) >= 11 is 2.04. The second kappa shape index (κ2) is 15.1. The van der Waals surface area contributed by atoms with Gasteiger partial charge in [-0.2, -0.15) is 0 Å². The Balaban J connectivity index is 1.14. The molecule has 0 spiro atoms. The summed E-state index contributed by atoms with van der Waals surface area (Å²) in [7, 11) is 0. The molecule has 5 heteroatoms. The number of thiophene rings is 1. The molecule has 9 aromatic rings. The predicted molar refractivity (Wildman–Crippen MR) is 319 cm³/mol. The van der Waals surface area contributed by atoms with Crippen molar-refractivity contribution in [2.75, 3.05) is 9.80 Å². The van der Waals surface area contributed by atoms with E-state index in [-0.39, 0.29) is 39.2 Å². The standard InChI is InChI=1S/C69H71BN2OS/c1-40-31-56-61-57(32-40)72(54-37-51-49(66(6,7)27-29-68(51,10)11)34-44(54)41-19-15-14-16-20-41)55-36-45-43-21-17-18-22-58(43)73-59(45)39-53(55)70(61)63-62(46-35-50-52(38-60(46)74-63)69(12,13)30-28-67(50,8)9)71(56)42-23-24-47-48(33-42)65(4,5)26-25-64(47,2)3/h14-24,31-39H,25-30H2,1-13H3. The molecule has 2 aliphatic heterocycles. The van der Waals surface area contributed by atoms with E-state index in [1.807, 2.05) is 11.3 Å². The molecule has 0 fully saturated rings. The van der Waals surface area contributed by atoms with E-state index >= 15 is 0 Å². The van der Waals surface area contributed by atoms with Crippen LogP contribution < -0.4 is 25.5 Å². The van der Waals surface area contributed by atoms with Crippen LogP contribution in [0.3, 0.4) is 0 Å². The summed E-state index contributed by atoms with van der Waals surface area (Å²) < 4.78 is 9.74. The smallest absolute Gasteiger partial charge is 0.264 e. The zero-order chi connectivity index (χ0) is 51.4. The van der Waals surface area contributed by atoms with Gasteiger partial charge in [-0.15, -0.1) is 11.3 Å². The third kappa shape index (κ3) is 6.50. The van der Waals surface area contributed by atoms with Crippen molar-refractivity contribution in [2.45, 2.75) is 161 Å². The van der Waals surface area contributed by atoms with Crippen molar-refractivity contribution < 1.29 is 4.42 Å². The maximum atomic E-state index is 6.94. The quantitative estimate of drug-likeness (QED) is 0.165. The zero-order valence-corrected chi connectivity index (χ0v) is 46.9. The Morgan fingerprint density at radius 3 is 1.66 bits per heavy atom. The van der Waals surface area contributed by atoms with Gasteiger partial charge in [0.2, 0.25) is 0 Å². The molecule has 0 saturated carbocycles. The lowest BCUT2D eigenvalue weighted by Crippen LogP contribution is -2.60. The Morgan fingerprint density at radius 2 is 1.00 bits per heavy atom. The van der Waals surface area contributed by atoms with Crippen LogP contribution >= 0.6 is 11.3 Å². The number of hydrogen-bond donors (Lipinski definition) is 0. The van der Waals surface area contributed by atoms with Crippen LogP contribution in [0.1, 0.15) is 161 Å². The van der Waals surface area contributed by atoms with Crippen molar-refractivity contribution in [3.05, 3.63) is 160 Å². The molecule has 74 heavy (non-hydrogen) atoms. The number of aryl methyl sites for hydroxylation is 1. The summed E-state index contributed by atoms with van der Waals surface area (Å²) in [6, 6.07) is 48.0. The number of anilines is 6. The van der Waals surface area contributed by atoms with Gasteiger partial charge >= 0.3 is 0 Å². The topological polar surface area (TPSA) is 19.6 Å². The molecule has 3 aliphatic carbocycles. The summed E-state index contributed by atoms with van der Waals surface area (Å²) in [5.41, 5.74) is 25.3. The Labute approximate surface area is 444 Å². The highest BCUT2D eigenvalue weighted by Crippen LogP contribution is 2.57. The summed E-state index contributed by atoms with van der Waals surface area (Å²) in [4.78, 5) is 5.44. The summed E-state index contributed by atoms with van der Waals surface area (Å²) in [6.45, 7) is 32.0. The molecule has 3 nitrogen and oxygen atoms in total. The number of rotatable bonds is 3. The van der Waals surface area contributed by atoms with E-state index in [0.29, 0.717) is 0 Å². The van der Waals surface area contributed by atoms with Gasteiger partial charge in [0, 0.05) is 53.9 Å². The van der Waals surface area contributed by atoms with Gasteiger partial charge in [-0.25, -0.2) is 0 Å². The van der Waals surface area contributed by atoms with E-state index in [0.717, 1.165) is 34.8 Å². The van der Waals surface area contributed by atoms with Crippen LogP contribution in [0.25, 0.3) is 43.2 Å². The molecular weight excluding hydrogens is 916 g/mol. The molecule has 0 N–H and O–H groups in total. The van der Waals surface area contributed by atoms with Crippen LogP contribution in [-0.2, 0) is 32.5 Å². The van der Waals surface area contributed by atoms with Crippen molar-refractivity contribution in [2.24, 2.45) is 0 Å². The highest BCUT2D eigenvalue weighted by Gasteiger charge is 2.49. The Morgan fingerprint density at radius 1 is 0.446 bits per heavy atom. The first kappa shape index (κ1) is 46.5. The van der Waals surface area contributed by atoms with Gasteiger partial charge < -0.3 is 14.2 Å². The summed E-state index contributed by atoms with van der Waals surface area (Å²) in [6.07, 6.45) is 7.03. The van der Waals surface area contributed by atoms with Gasteiger partial charge in [-0.3, -0.25) is 0 Å². The highest BCUT2D eigenvalue weighted by molar-refractivity contribution is 7.33. The highest BCUT2D eigenvalue weighted by atomic mass is 32.1. The molecule has 5 aliphatic rings. The lowest BCUT2D eigenvalue weighted by molar-refractivity contribution is 0.332. The molecule has 7 aromatic carbocycles. The zero-order valence-electron chi connectivity index (χ0n) is 46.1. The molecule has 0 bridgehead atoms. The van der Waals surface area contributed by atoms with Gasteiger partial charge in [0.15, 0.2) is 0 Å². The number of nitrogens with zero attached hydrogens (tertiary/aromatic N) is 2. The summed E-state index contributed by atoms with van der Waals surface area (Å²) in [5, 5.41) is 3.69. The summed E-state index contributed by atoms with van der Waals surface area (Å²) in [5.74, 6) is 0. The third-order valence-corrected chi connectivity index (χ3v) is 20.9. The minimum absolute atomic E-state index is 0.00653. The number of fused-ring (bicyclic) bond motifs is 12. The second-order valence-electron chi connectivity index (χ2n) is 27.3. The van der Waals surface area contributed by atoms with Crippen molar-refractivity contribution in [3.63, 3.8) is 0 Å². The fourth-order valence-corrected chi connectivity index (χ4v) is 16.1. The van der Waals surface area contributed by atoms with E-state index in [1.165, 1.54) is 136 Å². The number of hydrogen-bond acceptors (Lipinski definition) is 4. The van der Waals surface area contributed by atoms with Gasteiger partial charge in [-0.05, 0) is 200 Å². The Bertz CT molecular complexity index is 3900. The molecule has 4 heterocycles. The van der Waals surface area contributed by atoms with Crippen LogP contribution in [-0.4, -0.2) is 6.71 Å². The van der Waals surface area contributed by atoms with Crippen LogP contribution in [0, 0.1) is 6.92 Å². The maximum absolute atomic E-state index is 6.94. The van der Waals surface area contributed by atoms with E-state index in [9.17, 15) is 0 Å². The van der Waals surface area contributed by atoms with E-state index in [4.69, 9.17) is 4.42 Å². The van der Waals surface area contributed by atoms with Gasteiger partial charge in [0.25, 0.3) is 6.71 Å². The van der Waals surface area contributed by atoms with Crippen molar-refractivity contribution in [3.8, 4) is 11.1 Å². The number of benzene rings is 7. The monoisotopic (exact) mass is 987 g/mol. The average Bonchev–Trinajstić information content (AvgIpc) is 3.92. The van der Waals surface area contributed by atoms with E-state index < -0.39 is 0 Å². The van der Waals surface area contributed by atoms with E-state index in [1.54, 1.807) is 0 Å². The first-order valence-corrected chi connectivity index (χ1v) is 28.6. The molecule has 2 aromatic heterocycles.